The van der Waals surface area contributed by atoms with E-state index in [-0.39, 0.29) is 0 Å². The van der Waals surface area contributed by atoms with E-state index in [1.54, 1.807) is 0 Å². The van der Waals surface area contributed by atoms with E-state index in [2.05, 4.69) is 178 Å². The smallest absolute Gasteiger partial charge is 0.139 e. The van der Waals surface area contributed by atoms with Crippen molar-refractivity contribution in [1.82, 2.24) is 0 Å². The topological polar surface area (TPSA) is 13.1 Å². The van der Waals surface area contributed by atoms with Gasteiger partial charge in [-0.2, -0.15) is 0 Å². The van der Waals surface area contributed by atoms with Crippen LogP contribution in [0.25, 0.3) is 76.9 Å². The van der Waals surface area contributed by atoms with E-state index >= 15 is 0 Å². The Morgan fingerprint density at radius 2 is 0.632 bits per heavy atom. The van der Waals surface area contributed by atoms with Crippen LogP contribution in [0.2, 0.25) is 0 Å². The van der Waals surface area contributed by atoms with Gasteiger partial charge in [-0.15, -0.1) is 54.6 Å². The van der Waals surface area contributed by atoms with Crippen molar-refractivity contribution in [3.05, 3.63) is 36.4 Å². The minimum Gasteiger partial charge on any atom is -0.456 e. The summed E-state index contributed by atoms with van der Waals surface area (Å²) in [6.07, 6.45) is 0. The summed E-state index contributed by atoms with van der Waals surface area (Å²) in [7, 11) is 42.0. The van der Waals surface area contributed by atoms with Crippen LogP contribution in [0.5, 0.6) is 0 Å². The Hall–Kier alpha value is -3.97. The molecule has 0 spiro atoms. The number of hydrogen-bond donors (Lipinski definition) is 0. The molecular weight excluding hydrogens is 667 g/mol. The van der Waals surface area contributed by atoms with Crippen molar-refractivity contribution < 1.29 is 4.42 Å². The molecule has 8 aromatic rings. The van der Waals surface area contributed by atoms with Gasteiger partial charge < -0.3 is 4.42 Å². The highest BCUT2D eigenvalue weighted by Crippen LogP contribution is 2.45. The number of furan rings is 1. The molecule has 0 amide bonds. The van der Waals surface area contributed by atoms with E-state index in [1.807, 2.05) is 0 Å². The molecular formula is C38H42B18O. The fourth-order valence-corrected chi connectivity index (χ4v) is 10.6. The largest absolute Gasteiger partial charge is 0.456 e. The molecule has 57 heavy (non-hydrogen) atoms. The van der Waals surface area contributed by atoms with E-state index in [4.69, 9.17) is 4.42 Å². The molecule has 254 valence electrons. The van der Waals surface area contributed by atoms with E-state index in [0.717, 1.165) is 16.6 Å². The van der Waals surface area contributed by atoms with Gasteiger partial charge in [0.15, 0.2) is 0 Å². The average Bonchev–Trinajstić information content (AvgIpc) is 3.58. The number of benzene rings is 7. The molecule has 0 N–H and O–H groups in total. The van der Waals surface area contributed by atoms with Gasteiger partial charge in [0, 0.05) is 10.8 Å². The Kier molecular flexibility index (Phi) is 9.66. The van der Waals surface area contributed by atoms with Crippen molar-refractivity contribution in [1.29, 1.82) is 0 Å². The number of fused-ring (bicyclic) bond motifs is 5. The van der Waals surface area contributed by atoms with Crippen molar-refractivity contribution in [2.45, 2.75) is 0 Å². The summed E-state index contributed by atoms with van der Waals surface area (Å²) >= 11 is 0. The van der Waals surface area contributed by atoms with Crippen LogP contribution in [-0.4, -0.2) is 141 Å². The van der Waals surface area contributed by atoms with Gasteiger partial charge >= 0.3 is 0 Å². The lowest BCUT2D eigenvalue weighted by atomic mass is 9.56. The van der Waals surface area contributed by atoms with Crippen molar-refractivity contribution in [2.75, 3.05) is 0 Å². The molecule has 0 radical (unpaired) electrons. The van der Waals surface area contributed by atoms with Gasteiger partial charge in [-0.1, -0.05) is 61.9 Å². The van der Waals surface area contributed by atoms with Gasteiger partial charge in [-0.05, 0) is 73.1 Å². The van der Waals surface area contributed by atoms with Crippen LogP contribution < -0.4 is 98.3 Å². The summed E-state index contributed by atoms with van der Waals surface area (Å²) in [5, 5.41) is 7.87. The third-order valence-electron chi connectivity index (χ3n) is 15.7. The molecule has 8 rings (SSSR count). The molecule has 1 heterocycles. The molecule has 0 aliphatic heterocycles. The quantitative estimate of drug-likeness (QED) is 0.132. The lowest BCUT2D eigenvalue weighted by Gasteiger charge is -2.31. The average molecular weight is 709 g/mol. The van der Waals surface area contributed by atoms with Crippen LogP contribution >= 0.6 is 0 Å². The first-order valence-electron chi connectivity index (χ1n) is 20.9. The Balaban J connectivity index is 1.76. The monoisotopic (exact) mass is 712 g/mol. The maximum absolute atomic E-state index is 6.92. The van der Waals surface area contributed by atoms with Crippen LogP contribution in [-0.2, 0) is 0 Å². The van der Waals surface area contributed by atoms with Crippen LogP contribution in [0.1, 0.15) is 0 Å². The molecule has 0 bridgehead atoms. The summed E-state index contributed by atoms with van der Waals surface area (Å²) in [4.78, 5) is 0. The minimum absolute atomic E-state index is 0.928. The van der Waals surface area contributed by atoms with E-state index in [0.29, 0.717) is 0 Å². The normalized spacial score (nSPS) is 11.7. The summed E-state index contributed by atoms with van der Waals surface area (Å²) in [5.41, 5.74) is 34.5. The lowest BCUT2D eigenvalue weighted by molar-refractivity contribution is 0.669. The SMILES string of the molecule is Bc1c(B)c(B)c(-c2cc(-c3c4c(B)c(B)c(B)c(B)c4c(-c4c(B)c(B)c(B)c(B)c4B)c4c(B)c(B)c(B)c(B)c34)c3c(c2)oc2ccccc23)c(B)c1B. The maximum atomic E-state index is 6.92. The summed E-state index contributed by atoms with van der Waals surface area (Å²) in [6, 6.07) is 13.5. The summed E-state index contributed by atoms with van der Waals surface area (Å²) < 4.78 is 6.92. The second-order valence-electron chi connectivity index (χ2n) is 17.7. The fourth-order valence-electron chi connectivity index (χ4n) is 10.6. The van der Waals surface area contributed by atoms with Gasteiger partial charge in [0.05, 0.1) is 0 Å². The number of rotatable bonds is 3. The van der Waals surface area contributed by atoms with Gasteiger partial charge in [0.2, 0.25) is 0 Å². The Morgan fingerprint density at radius 3 is 1.07 bits per heavy atom. The predicted molar refractivity (Wildman–Crippen MR) is 312 cm³/mol. The highest BCUT2D eigenvalue weighted by Gasteiger charge is 2.29. The van der Waals surface area contributed by atoms with Crippen LogP contribution in [0.4, 0.5) is 0 Å². The van der Waals surface area contributed by atoms with Crippen molar-refractivity contribution >= 4 is 283 Å². The number of para-hydroxylation sites is 1. The van der Waals surface area contributed by atoms with Crippen molar-refractivity contribution in [3.8, 4) is 33.4 Å². The highest BCUT2D eigenvalue weighted by atomic mass is 16.3. The Labute approximate surface area is 355 Å². The maximum Gasteiger partial charge on any atom is 0.139 e. The first kappa shape index (κ1) is 39.8. The third kappa shape index (κ3) is 5.42. The Bertz CT molecular complexity index is 3030. The molecule has 0 unspecified atom stereocenters. The second-order valence-corrected chi connectivity index (χ2v) is 17.7. The zero-order chi connectivity index (χ0) is 41.4. The third-order valence-corrected chi connectivity index (χ3v) is 15.7. The van der Waals surface area contributed by atoms with E-state index in [9.17, 15) is 0 Å². The highest BCUT2D eigenvalue weighted by molar-refractivity contribution is 6.74. The molecule has 1 nitrogen and oxygen atoms in total. The van der Waals surface area contributed by atoms with Gasteiger partial charge in [-0.25, -0.2) is 0 Å². The zero-order valence-corrected chi connectivity index (χ0v) is 37.9. The van der Waals surface area contributed by atoms with Gasteiger partial charge in [0.1, 0.15) is 152 Å². The number of hydrogen-bond acceptors (Lipinski definition) is 1. The van der Waals surface area contributed by atoms with Crippen LogP contribution in [0.3, 0.4) is 0 Å². The molecule has 0 aliphatic carbocycles. The molecule has 0 fully saturated rings. The van der Waals surface area contributed by atoms with E-state index < -0.39 is 0 Å². The van der Waals surface area contributed by atoms with Gasteiger partial charge in [0.25, 0.3) is 0 Å². The first-order valence-corrected chi connectivity index (χ1v) is 20.9. The predicted octanol–water partition coefficient (Wildman–Crippen LogP) is -20.5. The Morgan fingerprint density at radius 1 is 0.281 bits per heavy atom. The molecule has 7 aromatic carbocycles. The summed E-state index contributed by atoms with van der Waals surface area (Å²) in [5.74, 6) is 0. The standard InChI is InChI=1S/C38H42B18O/c39-21-12(22(40)30(48)37(55)29(21)47)7-5-9(13-8-3-1-2-4-10(8)57-11(13)6-7)14-16-18(25(43)33(51)31(49)23(16)41)15(19-17(14)24(42)32(50)34(52)26(19)44)20-27(45)35(53)38(56)36(54)28(20)46/h1-6H,39-56H2. The molecule has 19 heteroatoms. The lowest BCUT2D eigenvalue weighted by Crippen LogP contribution is -2.55. The fraction of sp³-hybridized carbons (Fsp3) is 0. The summed E-state index contributed by atoms with van der Waals surface area (Å²) in [6.45, 7) is 0. The van der Waals surface area contributed by atoms with Crippen LogP contribution in [0.15, 0.2) is 40.8 Å². The zero-order valence-electron chi connectivity index (χ0n) is 37.9. The van der Waals surface area contributed by atoms with Crippen molar-refractivity contribution in [3.63, 3.8) is 0 Å². The van der Waals surface area contributed by atoms with Crippen molar-refractivity contribution in [2.24, 2.45) is 0 Å². The molecule has 1 aromatic heterocycles. The minimum atomic E-state index is 0.928. The van der Waals surface area contributed by atoms with Gasteiger partial charge in [-0.3, -0.25) is 0 Å². The molecule has 0 saturated heterocycles. The second kappa shape index (κ2) is 13.8. The first-order chi connectivity index (χ1) is 26.8. The van der Waals surface area contributed by atoms with Crippen LogP contribution in [0, 0.1) is 0 Å². The molecule has 0 aliphatic rings. The molecule has 0 atom stereocenters. The van der Waals surface area contributed by atoms with E-state index in [1.165, 1.54) is 159 Å². The molecule has 0 saturated carbocycles.